The molecule has 0 spiro atoms. The number of phenols is 1. The molecule has 3 N–H and O–H groups in total. The lowest BCUT2D eigenvalue weighted by molar-refractivity contribution is 0.476. The maximum atomic E-state index is 9.29. The van der Waals surface area contributed by atoms with E-state index in [-0.39, 0.29) is 5.75 Å². The van der Waals surface area contributed by atoms with Gasteiger partial charge in [-0.15, -0.1) is 0 Å². The third kappa shape index (κ3) is 1.23. The van der Waals surface area contributed by atoms with Crippen LogP contribution in [0.5, 0.6) is 5.75 Å². The SMILES string of the molecule is Oc1ccc2nc(-c3cn[nH]n3)[nH]c2c1. The number of hydrogen-bond donors (Lipinski definition) is 3. The Bertz CT molecular complexity index is 598. The van der Waals surface area contributed by atoms with E-state index in [1.165, 1.54) is 0 Å². The molecule has 0 bridgehead atoms. The summed E-state index contributed by atoms with van der Waals surface area (Å²) in [5.74, 6) is 0.835. The van der Waals surface area contributed by atoms with Crippen LogP contribution in [0.2, 0.25) is 0 Å². The minimum Gasteiger partial charge on any atom is -0.508 e. The summed E-state index contributed by atoms with van der Waals surface area (Å²) in [7, 11) is 0. The first-order valence-electron chi connectivity index (χ1n) is 4.38. The normalized spacial score (nSPS) is 10.9. The van der Waals surface area contributed by atoms with Crippen LogP contribution < -0.4 is 0 Å². The number of hydrogen-bond acceptors (Lipinski definition) is 4. The van der Waals surface area contributed by atoms with Gasteiger partial charge in [0.25, 0.3) is 0 Å². The number of nitrogens with one attached hydrogen (secondary N) is 2. The molecule has 15 heavy (non-hydrogen) atoms. The molecule has 0 unspecified atom stereocenters. The Balaban J connectivity index is 2.22. The summed E-state index contributed by atoms with van der Waals surface area (Å²) in [6, 6.07) is 4.95. The van der Waals surface area contributed by atoms with Crippen LogP contribution in [-0.4, -0.2) is 30.5 Å². The molecular formula is C9H7N5O. The van der Waals surface area contributed by atoms with Crippen LogP contribution in [0, 0.1) is 0 Å². The van der Waals surface area contributed by atoms with Crippen molar-refractivity contribution < 1.29 is 5.11 Å². The van der Waals surface area contributed by atoms with Crippen molar-refractivity contribution in [3.8, 4) is 17.3 Å². The Morgan fingerprint density at radius 1 is 1.27 bits per heavy atom. The number of aromatic nitrogens is 5. The standard InChI is InChI=1S/C9H7N5O/c15-5-1-2-6-7(3-5)12-9(11-6)8-4-10-14-13-8/h1-4,15H,(H,11,12)(H,10,13,14). The molecule has 0 saturated carbocycles. The average molecular weight is 201 g/mol. The van der Waals surface area contributed by atoms with Crippen LogP contribution in [0.1, 0.15) is 0 Å². The maximum absolute atomic E-state index is 9.29. The van der Waals surface area contributed by atoms with Gasteiger partial charge in [-0.25, -0.2) is 4.98 Å². The number of nitrogens with zero attached hydrogens (tertiary/aromatic N) is 3. The topological polar surface area (TPSA) is 90.5 Å². The molecule has 2 aromatic heterocycles. The fourth-order valence-corrected chi connectivity index (χ4v) is 1.43. The summed E-state index contributed by atoms with van der Waals surface area (Å²) >= 11 is 0. The molecule has 6 nitrogen and oxygen atoms in total. The van der Waals surface area contributed by atoms with Crippen molar-refractivity contribution in [3.63, 3.8) is 0 Å². The molecule has 0 amide bonds. The molecule has 1 aromatic carbocycles. The summed E-state index contributed by atoms with van der Waals surface area (Å²) < 4.78 is 0. The predicted molar refractivity (Wildman–Crippen MR) is 53.1 cm³/mol. The molecule has 0 fully saturated rings. The van der Waals surface area contributed by atoms with Gasteiger partial charge < -0.3 is 10.1 Å². The van der Waals surface area contributed by atoms with E-state index >= 15 is 0 Å². The molecule has 6 heteroatoms. The summed E-state index contributed by atoms with van der Waals surface area (Å²) in [4.78, 5) is 7.35. The van der Waals surface area contributed by atoms with Crippen molar-refractivity contribution in [2.24, 2.45) is 0 Å². The van der Waals surface area contributed by atoms with Crippen LogP contribution >= 0.6 is 0 Å². The Morgan fingerprint density at radius 3 is 3.00 bits per heavy atom. The number of imidazole rings is 1. The first kappa shape index (κ1) is 7.98. The van der Waals surface area contributed by atoms with Crippen molar-refractivity contribution in [1.29, 1.82) is 0 Å². The molecule has 74 valence electrons. The van der Waals surface area contributed by atoms with Crippen molar-refractivity contribution in [2.75, 3.05) is 0 Å². The molecule has 0 aliphatic heterocycles. The summed E-state index contributed by atoms with van der Waals surface area (Å²) in [6.07, 6.45) is 1.58. The number of fused-ring (bicyclic) bond motifs is 1. The number of aromatic amines is 2. The number of aromatic hydroxyl groups is 1. The predicted octanol–water partition coefficient (Wildman–Crippen LogP) is 1.05. The van der Waals surface area contributed by atoms with Gasteiger partial charge in [0.05, 0.1) is 17.2 Å². The zero-order valence-corrected chi connectivity index (χ0v) is 7.60. The molecule has 3 aromatic rings. The van der Waals surface area contributed by atoms with E-state index in [4.69, 9.17) is 0 Å². The summed E-state index contributed by atoms with van der Waals surface area (Å²) in [5, 5.41) is 19.4. The second-order valence-corrected chi connectivity index (χ2v) is 3.14. The van der Waals surface area contributed by atoms with E-state index in [1.807, 2.05) is 0 Å². The van der Waals surface area contributed by atoms with Gasteiger partial charge in [0.1, 0.15) is 11.4 Å². The highest BCUT2D eigenvalue weighted by Crippen LogP contribution is 2.21. The molecular weight excluding hydrogens is 194 g/mol. The highest BCUT2D eigenvalue weighted by molar-refractivity contribution is 5.79. The van der Waals surface area contributed by atoms with E-state index in [9.17, 15) is 5.11 Å². The van der Waals surface area contributed by atoms with Gasteiger partial charge in [0.15, 0.2) is 5.82 Å². The fourth-order valence-electron chi connectivity index (χ4n) is 1.43. The average Bonchev–Trinajstić information content (AvgIpc) is 2.84. The second-order valence-electron chi connectivity index (χ2n) is 3.14. The first-order chi connectivity index (χ1) is 7.33. The van der Waals surface area contributed by atoms with Crippen LogP contribution in [0.15, 0.2) is 24.4 Å². The minimum atomic E-state index is 0.206. The quantitative estimate of drug-likeness (QED) is 0.549. The third-order valence-electron chi connectivity index (χ3n) is 2.12. The number of H-pyrrole nitrogens is 2. The fraction of sp³-hybridized carbons (Fsp3) is 0. The lowest BCUT2D eigenvalue weighted by Gasteiger charge is -1.88. The smallest absolute Gasteiger partial charge is 0.160 e. The molecule has 0 saturated heterocycles. The molecule has 3 rings (SSSR count). The Hall–Kier alpha value is -2.37. The van der Waals surface area contributed by atoms with Crippen LogP contribution in [-0.2, 0) is 0 Å². The number of rotatable bonds is 1. The first-order valence-corrected chi connectivity index (χ1v) is 4.38. The van der Waals surface area contributed by atoms with Crippen molar-refractivity contribution in [1.82, 2.24) is 25.4 Å². The van der Waals surface area contributed by atoms with Gasteiger partial charge in [-0.1, -0.05) is 0 Å². The maximum Gasteiger partial charge on any atom is 0.160 e. The van der Waals surface area contributed by atoms with Gasteiger partial charge in [0, 0.05) is 6.07 Å². The monoisotopic (exact) mass is 201 g/mol. The van der Waals surface area contributed by atoms with E-state index in [0.717, 1.165) is 11.0 Å². The Labute approximate surface area is 84.0 Å². The number of benzene rings is 1. The molecule has 0 aliphatic rings. The van der Waals surface area contributed by atoms with Crippen LogP contribution in [0.3, 0.4) is 0 Å². The van der Waals surface area contributed by atoms with Crippen molar-refractivity contribution >= 4 is 11.0 Å². The summed E-state index contributed by atoms with van der Waals surface area (Å²) in [6.45, 7) is 0. The van der Waals surface area contributed by atoms with E-state index in [2.05, 4.69) is 25.4 Å². The Kier molecular flexibility index (Phi) is 1.49. The summed E-state index contributed by atoms with van der Waals surface area (Å²) in [5.41, 5.74) is 2.20. The van der Waals surface area contributed by atoms with Crippen molar-refractivity contribution in [2.45, 2.75) is 0 Å². The largest absolute Gasteiger partial charge is 0.508 e. The van der Waals surface area contributed by atoms with Gasteiger partial charge in [-0.05, 0) is 12.1 Å². The van der Waals surface area contributed by atoms with Crippen LogP contribution in [0.4, 0.5) is 0 Å². The molecule has 0 radical (unpaired) electrons. The van der Waals surface area contributed by atoms with E-state index in [1.54, 1.807) is 24.4 Å². The van der Waals surface area contributed by atoms with Gasteiger partial charge in [-0.2, -0.15) is 15.4 Å². The zero-order chi connectivity index (χ0) is 10.3. The highest BCUT2D eigenvalue weighted by Gasteiger charge is 2.07. The second kappa shape index (κ2) is 2.81. The van der Waals surface area contributed by atoms with Crippen LogP contribution in [0.25, 0.3) is 22.6 Å². The molecule has 0 atom stereocenters. The third-order valence-corrected chi connectivity index (χ3v) is 2.12. The lowest BCUT2D eigenvalue weighted by Crippen LogP contribution is -1.79. The molecule has 0 aliphatic carbocycles. The van der Waals surface area contributed by atoms with E-state index in [0.29, 0.717) is 11.5 Å². The lowest BCUT2D eigenvalue weighted by atomic mass is 10.3. The Morgan fingerprint density at radius 2 is 2.20 bits per heavy atom. The molecule has 2 heterocycles. The van der Waals surface area contributed by atoms with E-state index < -0.39 is 0 Å². The minimum absolute atomic E-state index is 0.206. The zero-order valence-electron chi connectivity index (χ0n) is 7.60. The number of phenolic OH excluding ortho intramolecular Hbond substituents is 1. The van der Waals surface area contributed by atoms with Crippen molar-refractivity contribution in [3.05, 3.63) is 24.4 Å². The highest BCUT2D eigenvalue weighted by atomic mass is 16.3. The van der Waals surface area contributed by atoms with Gasteiger partial charge in [-0.3, -0.25) is 0 Å². The van der Waals surface area contributed by atoms with Gasteiger partial charge in [0.2, 0.25) is 0 Å². The van der Waals surface area contributed by atoms with Gasteiger partial charge >= 0.3 is 0 Å².